The van der Waals surface area contributed by atoms with Crippen molar-refractivity contribution in [3.05, 3.63) is 47.8 Å². The summed E-state index contributed by atoms with van der Waals surface area (Å²) in [6.07, 6.45) is 0. The van der Waals surface area contributed by atoms with Crippen LogP contribution in [0.1, 0.15) is 11.4 Å². The van der Waals surface area contributed by atoms with E-state index in [2.05, 4.69) is 34.2 Å². The number of nitrogens with zero attached hydrogens (tertiary/aromatic N) is 2. The summed E-state index contributed by atoms with van der Waals surface area (Å²) < 4.78 is 33.2. The fraction of sp³-hybridized carbons (Fsp3) is 0.143. The van der Waals surface area contributed by atoms with Crippen molar-refractivity contribution in [2.45, 2.75) is 13.8 Å². The lowest BCUT2D eigenvalue weighted by atomic mass is 10.1. The molecule has 0 amide bonds. The van der Waals surface area contributed by atoms with Gasteiger partial charge in [0.2, 0.25) is 0 Å². The van der Waals surface area contributed by atoms with Crippen molar-refractivity contribution >= 4 is 21.8 Å². The fourth-order valence-corrected chi connectivity index (χ4v) is 1.96. The molecule has 0 saturated heterocycles. The van der Waals surface area contributed by atoms with Crippen LogP contribution in [0.4, 0.5) is 0 Å². The highest BCUT2D eigenvalue weighted by molar-refractivity contribution is 6.02. The van der Waals surface area contributed by atoms with Crippen LogP contribution in [-0.4, -0.2) is 13.4 Å². The van der Waals surface area contributed by atoms with Crippen molar-refractivity contribution in [1.29, 1.82) is 0 Å². The first-order chi connectivity index (χ1) is 9.74. The molecule has 0 atom stereocenters. The Hall–Kier alpha value is -1.39. The molecule has 2 aromatic heterocycles. The molecule has 0 unspecified atom stereocenters. The zero-order valence-corrected chi connectivity index (χ0v) is 13.6. The second-order valence-electron chi connectivity index (χ2n) is 4.51. The molecule has 1 aromatic carbocycles. The predicted octanol–water partition coefficient (Wildman–Crippen LogP) is -3.72. The monoisotopic (exact) mass is 400 g/mol. The van der Waals surface area contributed by atoms with E-state index < -0.39 is 20.1 Å². The van der Waals surface area contributed by atoms with E-state index >= 15 is 0 Å². The summed E-state index contributed by atoms with van der Waals surface area (Å²) in [5.74, 6) is 0. The highest BCUT2D eigenvalue weighted by Gasteiger charge is 2.11. The Morgan fingerprint density at radius 3 is 1.38 bits per heavy atom. The number of hydrogen-bond donors (Lipinski definition) is 1. The maximum Gasteiger partial charge on any atom is 0.368 e. The average molecular weight is 400 g/mol. The van der Waals surface area contributed by atoms with E-state index in [0.29, 0.717) is 0 Å². The molecule has 3 aromatic rings. The van der Waals surface area contributed by atoms with Gasteiger partial charge in [-0.2, -0.15) is 0 Å². The number of hydrogen-bond acceptors (Lipinski definition) is 6. The minimum Gasteiger partial charge on any atom is -0.256 e. The van der Waals surface area contributed by atoms with Gasteiger partial charge in [0.25, 0.3) is 0 Å². The fourth-order valence-electron chi connectivity index (χ4n) is 1.96. The van der Waals surface area contributed by atoms with Gasteiger partial charge in [-0.05, 0) is 26.0 Å². The lowest BCUT2D eigenvalue weighted by molar-refractivity contribution is -1.92. The Morgan fingerprint density at radius 1 is 0.762 bits per heavy atom. The van der Waals surface area contributed by atoms with Gasteiger partial charge < -0.3 is 0 Å². The second-order valence-corrected chi connectivity index (χ2v) is 6.77. The summed E-state index contributed by atoms with van der Waals surface area (Å²) in [4.78, 5) is 9.16. The average Bonchev–Trinajstić information content (AvgIpc) is 2.36. The topological polar surface area (TPSA) is 115 Å². The van der Waals surface area contributed by atoms with Crippen LogP contribution in [0.25, 0.3) is 21.8 Å². The minimum atomic E-state index is -5.69. The molecule has 0 fully saturated rings. The molecule has 3 rings (SSSR count). The molecule has 0 aliphatic heterocycles. The van der Waals surface area contributed by atoms with Gasteiger partial charge in [0, 0.05) is 25.6 Å². The quantitative estimate of drug-likeness (QED) is 0.307. The van der Waals surface area contributed by atoms with Crippen molar-refractivity contribution in [2.75, 3.05) is 0 Å². The van der Waals surface area contributed by atoms with Gasteiger partial charge in [-0.15, -0.1) is 0 Å². The van der Waals surface area contributed by atoms with Crippen molar-refractivity contribution in [3.63, 3.8) is 0 Å². The van der Waals surface area contributed by atoms with Gasteiger partial charge >= 0.3 is 20.1 Å². The number of pyridine rings is 2. The van der Waals surface area contributed by atoms with E-state index in [9.17, 15) is 0 Å². The molecule has 2 heterocycles. The third-order valence-electron chi connectivity index (χ3n) is 2.80. The largest absolute Gasteiger partial charge is 0.368 e. The Labute approximate surface area is 127 Å². The van der Waals surface area contributed by atoms with E-state index in [0.717, 1.165) is 33.2 Å². The SMILES string of the molecule is Cc1ccc2ccc3ccc(C)nc3c2n1.[O-][I+3]([O-])([O-])O. The van der Waals surface area contributed by atoms with E-state index in [1.54, 1.807) is 0 Å². The maximum atomic E-state index is 8.73. The summed E-state index contributed by atoms with van der Waals surface area (Å²) in [5, 5.41) is 2.30. The predicted molar refractivity (Wildman–Crippen MR) is 68.7 cm³/mol. The molecule has 6 nitrogen and oxygen atoms in total. The molecule has 7 heteroatoms. The van der Waals surface area contributed by atoms with Crippen LogP contribution in [0.15, 0.2) is 36.4 Å². The first-order valence-electron chi connectivity index (χ1n) is 6.01. The van der Waals surface area contributed by atoms with E-state index in [4.69, 9.17) is 13.7 Å². The highest BCUT2D eigenvalue weighted by atomic mass is 127. The van der Waals surface area contributed by atoms with Crippen LogP contribution in [0.3, 0.4) is 0 Å². The molecule has 0 saturated carbocycles. The Morgan fingerprint density at radius 2 is 1.05 bits per heavy atom. The lowest BCUT2D eigenvalue weighted by Gasteiger charge is -2.04. The maximum absolute atomic E-state index is 8.73. The molecular weight excluding hydrogens is 387 g/mol. The summed E-state index contributed by atoms with van der Waals surface area (Å²) in [6, 6.07) is 12.5. The smallest absolute Gasteiger partial charge is 0.256 e. The van der Waals surface area contributed by atoms with Gasteiger partial charge in [-0.3, -0.25) is 20.3 Å². The van der Waals surface area contributed by atoms with E-state index in [-0.39, 0.29) is 0 Å². The number of benzene rings is 1. The minimum absolute atomic E-state index is 1.00. The zero-order valence-electron chi connectivity index (χ0n) is 11.4. The van der Waals surface area contributed by atoms with Crippen LogP contribution in [0, 0.1) is 13.8 Å². The Balaban J connectivity index is 0.000000282. The normalized spacial score (nSPS) is 11.3. The molecule has 0 aliphatic rings. The first kappa shape index (κ1) is 16.0. The Bertz CT molecular complexity index is 720. The Kier molecular flexibility index (Phi) is 4.69. The van der Waals surface area contributed by atoms with Crippen LogP contribution >= 0.6 is 0 Å². The lowest BCUT2D eigenvalue weighted by Crippen LogP contribution is -4.23. The number of aryl methyl sites for hydroxylation is 2. The van der Waals surface area contributed by atoms with Crippen molar-refractivity contribution < 1.29 is 33.8 Å². The van der Waals surface area contributed by atoms with Gasteiger partial charge in [-0.25, -0.2) is 0 Å². The molecule has 1 N–H and O–H groups in total. The van der Waals surface area contributed by atoms with Crippen molar-refractivity contribution in [3.8, 4) is 0 Å². The second kappa shape index (κ2) is 6.16. The van der Waals surface area contributed by atoms with Crippen molar-refractivity contribution in [1.82, 2.24) is 9.97 Å². The van der Waals surface area contributed by atoms with Crippen LogP contribution < -0.4 is 30.4 Å². The summed E-state index contributed by atoms with van der Waals surface area (Å²) in [6.45, 7) is 4.02. The van der Waals surface area contributed by atoms with Gasteiger partial charge in [0.05, 0.1) is 11.0 Å². The number of fused-ring (bicyclic) bond motifs is 3. The van der Waals surface area contributed by atoms with E-state index in [1.165, 1.54) is 0 Å². The molecule has 0 spiro atoms. The summed E-state index contributed by atoms with van der Waals surface area (Å²) >= 11 is -5.69. The zero-order chi connectivity index (χ0) is 15.6. The van der Waals surface area contributed by atoms with Crippen molar-refractivity contribution in [2.24, 2.45) is 0 Å². The molecule has 21 heavy (non-hydrogen) atoms. The molecule has 0 radical (unpaired) electrons. The highest BCUT2D eigenvalue weighted by Crippen LogP contribution is 2.22. The van der Waals surface area contributed by atoms with Crippen LogP contribution in [-0.2, 0) is 0 Å². The summed E-state index contributed by atoms with van der Waals surface area (Å²) in [7, 11) is 0. The molecular formula is C14H13IN2O4. The standard InChI is InChI=1S/C14H12N2.HIO4/c1-9-3-5-11-7-8-12-6-4-10(2)16-14(12)13(11)15-9;2-1(3,4)5/h3-8H,1-2H3;2H. The third kappa shape index (κ3) is 4.55. The van der Waals surface area contributed by atoms with Gasteiger partial charge in [0.1, 0.15) is 0 Å². The van der Waals surface area contributed by atoms with E-state index in [1.807, 2.05) is 26.0 Å². The van der Waals surface area contributed by atoms with Gasteiger partial charge in [0.15, 0.2) is 0 Å². The number of aromatic nitrogens is 2. The van der Waals surface area contributed by atoms with Crippen LogP contribution in [0.2, 0.25) is 0 Å². The third-order valence-corrected chi connectivity index (χ3v) is 2.80. The molecule has 0 bridgehead atoms. The van der Waals surface area contributed by atoms with Crippen LogP contribution in [0.5, 0.6) is 0 Å². The molecule has 0 aliphatic carbocycles. The first-order valence-corrected chi connectivity index (χ1v) is 9.62. The number of halogens is 1. The summed E-state index contributed by atoms with van der Waals surface area (Å²) in [5.41, 5.74) is 4.06. The number of rotatable bonds is 0. The van der Waals surface area contributed by atoms with Gasteiger partial charge in [-0.1, -0.05) is 24.3 Å². The molecule has 110 valence electrons.